The van der Waals surface area contributed by atoms with Crippen LogP contribution in [0.4, 0.5) is 0 Å². The van der Waals surface area contributed by atoms with E-state index in [4.69, 9.17) is 18.8 Å². The molecule has 12 aromatic rings. The first-order valence-electron chi connectivity index (χ1n) is 16.6. The summed E-state index contributed by atoms with van der Waals surface area (Å²) in [7, 11) is 0. The van der Waals surface area contributed by atoms with Gasteiger partial charge in [0.15, 0.2) is 0 Å². The van der Waals surface area contributed by atoms with Gasteiger partial charge < -0.3 is 8.83 Å². The summed E-state index contributed by atoms with van der Waals surface area (Å²) < 4.78 is 21.6. The lowest BCUT2D eigenvalue weighted by Gasteiger charge is -2.09. The van der Waals surface area contributed by atoms with Crippen LogP contribution in [-0.2, 0) is 0 Å². The van der Waals surface area contributed by atoms with Crippen LogP contribution in [0.2, 0.25) is 0 Å². The number of hydrogen-bond donors (Lipinski definition) is 0. The van der Waals surface area contributed by atoms with Crippen molar-refractivity contribution >= 4 is 78.0 Å². The molecular weight excluding hydrogens is 621 g/mol. The molecule has 0 N–H and O–H groups in total. The normalized spacial score (nSPS) is 12.4. The maximum atomic E-state index is 6.42. The van der Waals surface area contributed by atoms with Gasteiger partial charge in [-0.25, -0.2) is 18.8 Å². The number of benzene rings is 6. The Hall–Kier alpha value is -7.06. The SMILES string of the molecule is c1ccc(-n2c3cc(-c4ccc5c(c4)n(-c4ccccc4)c4nc6c7ccccc7oc6n54)ccc3n3c4oc5ccccc5c4nc23)cc1. The second-order valence-electron chi connectivity index (χ2n) is 12.7. The zero-order valence-corrected chi connectivity index (χ0v) is 26.4. The molecule has 0 bridgehead atoms. The summed E-state index contributed by atoms with van der Waals surface area (Å²) in [4.78, 5) is 10.3. The molecule has 6 aromatic carbocycles. The van der Waals surface area contributed by atoms with Crippen LogP contribution in [0.1, 0.15) is 0 Å². The molecule has 0 radical (unpaired) electrons. The zero-order valence-electron chi connectivity index (χ0n) is 26.4. The quantitative estimate of drug-likeness (QED) is 0.192. The number of para-hydroxylation sites is 4. The molecular formula is C42H24N6O2. The van der Waals surface area contributed by atoms with E-state index < -0.39 is 0 Å². The average molecular weight is 645 g/mol. The lowest BCUT2D eigenvalue weighted by atomic mass is 10.0. The van der Waals surface area contributed by atoms with E-state index >= 15 is 0 Å². The highest BCUT2D eigenvalue weighted by molar-refractivity contribution is 6.06. The molecule has 0 saturated carbocycles. The lowest BCUT2D eigenvalue weighted by Crippen LogP contribution is -1.95. The van der Waals surface area contributed by atoms with Gasteiger partial charge in [0, 0.05) is 22.1 Å². The van der Waals surface area contributed by atoms with Crippen LogP contribution in [0.3, 0.4) is 0 Å². The van der Waals surface area contributed by atoms with Crippen molar-refractivity contribution in [3.8, 4) is 22.5 Å². The number of furan rings is 2. The maximum Gasteiger partial charge on any atom is 0.234 e. The Bertz CT molecular complexity index is 3090. The summed E-state index contributed by atoms with van der Waals surface area (Å²) in [6.07, 6.45) is 0. The molecule has 0 aliphatic carbocycles. The minimum atomic E-state index is 0.746. The Morgan fingerprint density at radius 3 is 1.28 bits per heavy atom. The highest BCUT2D eigenvalue weighted by Gasteiger charge is 2.24. The molecule has 6 aromatic heterocycles. The van der Waals surface area contributed by atoms with Gasteiger partial charge in [0.05, 0.1) is 22.1 Å². The minimum Gasteiger partial charge on any atom is -0.437 e. The number of nitrogens with zero attached hydrogens (tertiary/aromatic N) is 6. The van der Waals surface area contributed by atoms with Crippen LogP contribution in [0.5, 0.6) is 0 Å². The smallest absolute Gasteiger partial charge is 0.234 e. The fourth-order valence-corrected chi connectivity index (χ4v) is 7.79. The molecule has 0 amide bonds. The van der Waals surface area contributed by atoms with Gasteiger partial charge in [-0.3, -0.25) is 9.13 Å². The van der Waals surface area contributed by atoms with Gasteiger partial charge in [-0.15, -0.1) is 0 Å². The van der Waals surface area contributed by atoms with Gasteiger partial charge in [0.2, 0.25) is 23.0 Å². The topological polar surface area (TPSA) is 70.7 Å². The van der Waals surface area contributed by atoms with Crippen molar-refractivity contribution in [1.29, 1.82) is 0 Å². The van der Waals surface area contributed by atoms with Crippen LogP contribution in [0.25, 0.3) is 101 Å². The Morgan fingerprint density at radius 1 is 0.400 bits per heavy atom. The molecule has 8 nitrogen and oxygen atoms in total. The molecule has 50 heavy (non-hydrogen) atoms. The third kappa shape index (κ3) is 3.29. The summed E-state index contributed by atoms with van der Waals surface area (Å²) in [6.45, 7) is 0. The predicted molar refractivity (Wildman–Crippen MR) is 198 cm³/mol. The number of imidazole rings is 4. The third-order valence-electron chi connectivity index (χ3n) is 10.0. The van der Waals surface area contributed by atoms with Crippen LogP contribution >= 0.6 is 0 Å². The van der Waals surface area contributed by atoms with Crippen molar-refractivity contribution in [2.75, 3.05) is 0 Å². The van der Waals surface area contributed by atoms with E-state index in [0.717, 1.165) is 101 Å². The van der Waals surface area contributed by atoms with E-state index in [0.29, 0.717) is 0 Å². The molecule has 12 rings (SSSR count). The van der Waals surface area contributed by atoms with Crippen LogP contribution in [0.15, 0.2) is 154 Å². The van der Waals surface area contributed by atoms with E-state index in [-0.39, 0.29) is 0 Å². The standard InChI is InChI=1S/C42H24N6O2/c1-3-11-27(12-4-1)45-33-23-25(19-21-31(33)47-39-37(43-41(45)47)29-15-7-9-17-35(29)49-39)26-20-22-32-34(24-26)46(28-13-5-2-6-14-28)42-44-38-30-16-8-10-18-36(30)50-40(38)48(32)42/h1-24H. The molecule has 8 heteroatoms. The predicted octanol–water partition coefficient (Wildman–Crippen LogP) is 10.3. The summed E-state index contributed by atoms with van der Waals surface area (Å²) in [5, 5.41) is 2.02. The Kier molecular flexibility index (Phi) is 4.83. The highest BCUT2D eigenvalue weighted by atomic mass is 16.3. The molecule has 0 aliphatic heterocycles. The fraction of sp³-hybridized carbons (Fsp3) is 0. The molecule has 0 unspecified atom stereocenters. The number of rotatable bonds is 3. The molecule has 234 valence electrons. The van der Waals surface area contributed by atoms with E-state index in [1.54, 1.807) is 0 Å². The second-order valence-corrected chi connectivity index (χ2v) is 12.7. The Morgan fingerprint density at radius 2 is 0.820 bits per heavy atom. The van der Waals surface area contributed by atoms with Gasteiger partial charge in [0.25, 0.3) is 0 Å². The lowest BCUT2D eigenvalue weighted by molar-refractivity contribution is 0.651. The third-order valence-corrected chi connectivity index (χ3v) is 10.0. The van der Waals surface area contributed by atoms with Crippen molar-refractivity contribution < 1.29 is 8.83 Å². The second kappa shape index (κ2) is 9.30. The molecule has 6 heterocycles. The maximum absolute atomic E-state index is 6.42. The molecule has 0 aliphatic rings. The molecule has 0 saturated heterocycles. The molecule has 0 fully saturated rings. The number of fused-ring (bicyclic) bond motifs is 14. The minimum absolute atomic E-state index is 0.746. The first-order chi connectivity index (χ1) is 24.8. The van der Waals surface area contributed by atoms with Crippen molar-refractivity contribution in [2.45, 2.75) is 0 Å². The van der Waals surface area contributed by atoms with Gasteiger partial charge >= 0.3 is 0 Å². The number of aromatic nitrogens is 6. The highest BCUT2D eigenvalue weighted by Crippen LogP contribution is 2.38. The average Bonchev–Trinajstić information content (AvgIpc) is 3.99. The summed E-state index contributed by atoms with van der Waals surface area (Å²) >= 11 is 0. The van der Waals surface area contributed by atoms with Crippen molar-refractivity contribution in [3.05, 3.63) is 146 Å². The van der Waals surface area contributed by atoms with E-state index in [2.05, 4.69) is 115 Å². The Balaban J connectivity index is 1.13. The van der Waals surface area contributed by atoms with Crippen molar-refractivity contribution in [1.82, 2.24) is 27.9 Å². The summed E-state index contributed by atoms with van der Waals surface area (Å²) in [5.74, 6) is 1.62. The monoisotopic (exact) mass is 644 g/mol. The van der Waals surface area contributed by atoms with Crippen LogP contribution in [0, 0.1) is 0 Å². The van der Waals surface area contributed by atoms with Crippen LogP contribution in [-0.4, -0.2) is 27.9 Å². The first-order valence-corrected chi connectivity index (χ1v) is 16.6. The van der Waals surface area contributed by atoms with Crippen molar-refractivity contribution in [3.63, 3.8) is 0 Å². The van der Waals surface area contributed by atoms with E-state index in [1.807, 2.05) is 48.5 Å². The van der Waals surface area contributed by atoms with Gasteiger partial charge in [-0.05, 0) is 83.9 Å². The molecule has 0 spiro atoms. The van der Waals surface area contributed by atoms with Crippen molar-refractivity contribution in [2.24, 2.45) is 0 Å². The van der Waals surface area contributed by atoms with E-state index in [9.17, 15) is 0 Å². The fourth-order valence-electron chi connectivity index (χ4n) is 7.79. The van der Waals surface area contributed by atoms with Crippen LogP contribution < -0.4 is 0 Å². The first kappa shape index (κ1) is 26.0. The van der Waals surface area contributed by atoms with Gasteiger partial charge in [-0.2, -0.15) is 0 Å². The Labute approximate surface area is 282 Å². The summed E-state index contributed by atoms with van der Waals surface area (Å²) in [5.41, 5.74) is 13.2. The summed E-state index contributed by atoms with van der Waals surface area (Å²) in [6, 6.07) is 50.2. The van der Waals surface area contributed by atoms with Gasteiger partial charge in [0.1, 0.15) is 22.2 Å². The van der Waals surface area contributed by atoms with Gasteiger partial charge in [-0.1, -0.05) is 72.8 Å². The number of hydrogen-bond acceptors (Lipinski definition) is 4. The largest absolute Gasteiger partial charge is 0.437 e. The van der Waals surface area contributed by atoms with E-state index in [1.165, 1.54) is 0 Å². The molecule has 0 atom stereocenters. The zero-order chi connectivity index (χ0) is 32.5.